The fraction of sp³-hybridized carbons (Fsp3) is 0.394. The highest BCUT2D eigenvalue weighted by atomic mass is 32.2. The zero-order valence-electron chi connectivity index (χ0n) is 24.1. The van der Waals surface area contributed by atoms with Crippen LogP contribution >= 0.6 is 11.8 Å². The normalized spacial score (nSPS) is 21.3. The summed E-state index contributed by atoms with van der Waals surface area (Å²) in [6.45, 7) is 13.9. The molecule has 1 amide bonds. The molecule has 40 heavy (non-hydrogen) atoms. The van der Waals surface area contributed by atoms with Crippen LogP contribution in [0.5, 0.6) is 0 Å². The molecule has 5 rings (SSSR count). The Morgan fingerprint density at radius 3 is 1.57 bits per heavy atom. The van der Waals surface area contributed by atoms with Crippen molar-refractivity contribution in [3.05, 3.63) is 108 Å². The third-order valence-corrected chi connectivity index (χ3v) is 9.58. The maximum Gasteiger partial charge on any atom is 0.327 e. The van der Waals surface area contributed by atoms with Gasteiger partial charge in [-0.3, -0.25) is 10.1 Å². The van der Waals surface area contributed by atoms with Crippen molar-refractivity contribution >= 4 is 23.6 Å². The number of carboxylic acids is 1. The number of carboxylic acid groups (broad SMARTS) is 1. The zero-order valence-corrected chi connectivity index (χ0v) is 24.9. The van der Waals surface area contributed by atoms with E-state index in [9.17, 15) is 14.7 Å². The van der Waals surface area contributed by atoms with Crippen LogP contribution in [-0.4, -0.2) is 68.6 Å². The van der Waals surface area contributed by atoms with Gasteiger partial charge in [-0.2, -0.15) is 0 Å². The van der Waals surface area contributed by atoms with Crippen LogP contribution in [0.2, 0.25) is 0 Å². The van der Waals surface area contributed by atoms with E-state index < -0.39 is 28.3 Å². The molecule has 2 aliphatic heterocycles. The van der Waals surface area contributed by atoms with Gasteiger partial charge in [0.15, 0.2) is 0 Å². The van der Waals surface area contributed by atoms with Crippen molar-refractivity contribution in [1.29, 1.82) is 0 Å². The molecule has 7 heteroatoms. The molecule has 3 aromatic rings. The Balaban J connectivity index is 0.000000470. The lowest BCUT2D eigenvalue weighted by Gasteiger charge is -2.49. The Hall–Kier alpha value is -3.13. The van der Waals surface area contributed by atoms with Crippen molar-refractivity contribution in [3.63, 3.8) is 0 Å². The molecule has 212 valence electrons. The fourth-order valence-corrected chi connectivity index (χ4v) is 7.49. The Morgan fingerprint density at radius 2 is 1.25 bits per heavy atom. The van der Waals surface area contributed by atoms with Crippen LogP contribution in [0.15, 0.2) is 91.0 Å². The summed E-state index contributed by atoms with van der Waals surface area (Å²) in [4.78, 5) is 29.3. The maximum atomic E-state index is 13.4. The van der Waals surface area contributed by atoms with Crippen molar-refractivity contribution in [2.24, 2.45) is 0 Å². The molecule has 0 radical (unpaired) electrons. The number of carbonyl (C=O) groups excluding carboxylic acids is 1. The number of fused-ring (bicyclic) bond motifs is 1. The van der Waals surface area contributed by atoms with Gasteiger partial charge in [0, 0.05) is 4.75 Å². The van der Waals surface area contributed by atoms with E-state index in [0.717, 1.165) is 16.7 Å². The number of hydrogen-bond acceptors (Lipinski definition) is 5. The second kappa shape index (κ2) is 12.6. The predicted molar refractivity (Wildman–Crippen MR) is 163 cm³/mol. The molecule has 0 spiro atoms. The molecule has 2 heterocycles. The second-order valence-electron chi connectivity index (χ2n) is 10.7. The quantitative estimate of drug-likeness (QED) is 0.269. The molecule has 0 unspecified atom stereocenters. The Labute approximate surface area is 242 Å². The molecule has 6 nitrogen and oxygen atoms in total. The summed E-state index contributed by atoms with van der Waals surface area (Å²) < 4.78 is -0.572. The standard InChI is InChI=1S/C27H26N2O3S.C6H15N/c1-26(2)22(25(31)32)29-23(30)21(24(29)33-26)28-27(18-12-6-3-7-13-18,19-14-8-4-9-15-19)20-16-10-5-11-17-20;1-4-7(5-2)6-3/h3-17,21-22,24,28H,1-2H3,(H,31,32);4-6H2,1-3H3/t21-,22+,24-;/m1./s1. The SMILES string of the molecule is CC1(C)S[C@@H]2[C@H](NC(c3ccccc3)(c3ccccc3)c3ccccc3)C(=O)N2[C@H]1C(=O)O.CCN(CC)CC. The van der Waals surface area contributed by atoms with Crippen LogP contribution in [0.1, 0.15) is 51.3 Å². The number of nitrogens with zero attached hydrogens (tertiary/aromatic N) is 2. The van der Waals surface area contributed by atoms with Gasteiger partial charge in [0.25, 0.3) is 0 Å². The highest BCUT2D eigenvalue weighted by molar-refractivity contribution is 8.01. The number of benzene rings is 3. The molecule has 2 fully saturated rings. The summed E-state index contributed by atoms with van der Waals surface area (Å²) in [7, 11) is 0. The molecule has 2 N–H and O–H groups in total. The first-order valence-corrected chi connectivity index (χ1v) is 15.0. The lowest BCUT2D eigenvalue weighted by Crippen LogP contribution is -2.72. The van der Waals surface area contributed by atoms with Gasteiger partial charge in [0.05, 0.1) is 5.54 Å². The largest absolute Gasteiger partial charge is 0.480 e. The van der Waals surface area contributed by atoms with Crippen LogP contribution in [0.25, 0.3) is 0 Å². The number of hydrogen-bond donors (Lipinski definition) is 2. The Bertz CT molecular complexity index is 1160. The van der Waals surface area contributed by atoms with Crippen molar-refractivity contribution < 1.29 is 14.7 Å². The summed E-state index contributed by atoms with van der Waals surface area (Å²) in [5.74, 6) is -1.13. The van der Waals surface area contributed by atoms with Gasteiger partial charge in [-0.15, -0.1) is 11.8 Å². The van der Waals surface area contributed by atoms with E-state index in [1.165, 1.54) is 24.5 Å². The van der Waals surface area contributed by atoms with Crippen LogP contribution < -0.4 is 5.32 Å². The number of aliphatic carboxylic acids is 1. The van der Waals surface area contributed by atoms with Crippen LogP contribution in [0, 0.1) is 0 Å². The summed E-state index contributed by atoms with van der Waals surface area (Å²) in [6.07, 6.45) is 0. The molecule has 0 aliphatic carbocycles. The van der Waals surface area contributed by atoms with E-state index in [1.807, 2.05) is 68.4 Å². The van der Waals surface area contributed by atoms with E-state index in [4.69, 9.17) is 0 Å². The molecule has 2 aliphatic rings. The predicted octanol–water partition coefficient (Wildman–Crippen LogP) is 5.43. The average molecular weight is 560 g/mol. The van der Waals surface area contributed by atoms with E-state index in [1.54, 1.807) is 11.8 Å². The first-order valence-electron chi connectivity index (χ1n) is 14.1. The molecular formula is C33H41N3O3S. The Kier molecular flexibility index (Phi) is 9.39. The molecule has 0 bridgehead atoms. The highest BCUT2D eigenvalue weighted by Crippen LogP contribution is 2.52. The summed E-state index contributed by atoms with van der Waals surface area (Å²) in [5, 5.41) is 13.3. The molecule has 3 atom stereocenters. The number of β-lactam (4-membered cyclic amide) rings is 1. The smallest absolute Gasteiger partial charge is 0.327 e. The first kappa shape index (κ1) is 29.8. The van der Waals surface area contributed by atoms with Gasteiger partial charge < -0.3 is 14.9 Å². The van der Waals surface area contributed by atoms with Crippen LogP contribution in [0.3, 0.4) is 0 Å². The Morgan fingerprint density at radius 1 is 0.850 bits per heavy atom. The number of nitrogens with one attached hydrogen (secondary N) is 1. The van der Waals surface area contributed by atoms with Gasteiger partial charge >= 0.3 is 5.97 Å². The van der Waals surface area contributed by atoms with Gasteiger partial charge in [-0.25, -0.2) is 4.79 Å². The minimum atomic E-state index is -0.956. The molecule has 0 saturated carbocycles. The van der Waals surface area contributed by atoms with E-state index >= 15 is 0 Å². The zero-order chi connectivity index (χ0) is 28.9. The summed E-state index contributed by atoms with van der Waals surface area (Å²) >= 11 is 1.55. The second-order valence-corrected chi connectivity index (χ2v) is 12.5. The number of rotatable bonds is 9. The van der Waals surface area contributed by atoms with Gasteiger partial charge in [-0.05, 0) is 50.2 Å². The minimum absolute atomic E-state index is 0.169. The van der Waals surface area contributed by atoms with E-state index in [0.29, 0.717) is 0 Å². The monoisotopic (exact) mass is 559 g/mol. The third-order valence-electron chi connectivity index (χ3n) is 8.01. The summed E-state index contributed by atoms with van der Waals surface area (Å²) in [6, 6.07) is 29.0. The molecule has 2 saturated heterocycles. The lowest BCUT2D eigenvalue weighted by molar-refractivity contribution is -0.160. The maximum absolute atomic E-state index is 13.4. The first-order chi connectivity index (χ1) is 19.2. The molecule has 0 aromatic heterocycles. The van der Waals surface area contributed by atoms with Crippen molar-refractivity contribution in [1.82, 2.24) is 15.1 Å². The van der Waals surface area contributed by atoms with Crippen molar-refractivity contribution in [2.45, 2.75) is 62.4 Å². The fourth-order valence-electron chi connectivity index (χ4n) is 5.86. The lowest BCUT2D eigenvalue weighted by atomic mass is 9.76. The van der Waals surface area contributed by atoms with Crippen molar-refractivity contribution in [3.8, 4) is 0 Å². The molecular weight excluding hydrogens is 518 g/mol. The van der Waals surface area contributed by atoms with Gasteiger partial charge in [0.2, 0.25) is 5.91 Å². The van der Waals surface area contributed by atoms with E-state index in [2.05, 4.69) is 67.4 Å². The van der Waals surface area contributed by atoms with Gasteiger partial charge in [0.1, 0.15) is 17.5 Å². The molecule has 3 aromatic carbocycles. The van der Waals surface area contributed by atoms with Crippen molar-refractivity contribution in [2.75, 3.05) is 19.6 Å². The van der Waals surface area contributed by atoms with Crippen LogP contribution in [-0.2, 0) is 15.1 Å². The van der Waals surface area contributed by atoms with E-state index in [-0.39, 0.29) is 11.3 Å². The third kappa shape index (κ3) is 5.55. The summed E-state index contributed by atoms with van der Waals surface area (Å²) in [5.41, 5.74) is 2.28. The number of amides is 1. The average Bonchev–Trinajstić information content (AvgIpc) is 3.24. The highest BCUT2D eigenvalue weighted by Gasteiger charge is 2.65. The topological polar surface area (TPSA) is 72.9 Å². The van der Waals surface area contributed by atoms with Gasteiger partial charge in [-0.1, -0.05) is 112 Å². The number of carbonyl (C=O) groups is 2. The minimum Gasteiger partial charge on any atom is -0.480 e. The number of thioether (sulfide) groups is 1. The van der Waals surface area contributed by atoms with Crippen LogP contribution in [0.4, 0.5) is 0 Å².